The maximum atomic E-state index is 13.3. The summed E-state index contributed by atoms with van der Waals surface area (Å²) in [6.07, 6.45) is 0.767. The molecule has 5 aromatic carbocycles. The fraction of sp³-hybridized carbons (Fsp3) is 0.225. The van der Waals surface area contributed by atoms with Crippen molar-refractivity contribution in [1.82, 2.24) is 13.9 Å². The van der Waals surface area contributed by atoms with Gasteiger partial charge in [0.1, 0.15) is 5.69 Å². The van der Waals surface area contributed by atoms with Crippen molar-refractivity contribution in [3.63, 3.8) is 0 Å². The van der Waals surface area contributed by atoms with Crippen molar-refractivity contribution in [2.75, 3.05) is 49.5 Å². The van der Waals surface area contributed by atoms with E-state index in [9.17, 15) is 23.3 Å². The van der Waals surface area contributed by atoms with Crippen molar-refractivity contribution in [2.45, 2.75) is 28.8 Å². The molecular formula is C40H39ClN6O5S2. The fourth-order valence-electron chi connectivity index (χ4n) is 6.77. The third kappa shape index (κ3) is 9.05. The summed E-state index contributed by atoms with van der Waals surface area (Å²) in [6.45, 7) is 5.54. The lowest BCUT2D eigenvalue weighted by molar-refractivity contribution is -0.384. The Hall–Kier alpha value is -4.92. The minimum atomic E-state index is -4.40. The lowest BCUT2D eigenvalue weighted by Crippen LogP contribution is -2.46. The van der Waals surface area contributed by atoms with E-state index in [0.717, 1.165) is 67.9 Å². The van der Waals surface area contributed by atoms with Gasteiger partial charge in [-0.3, -0.25) is 19.8 Å². The van der Waals surface area contributed by atoms with E-state index in [4.69, 9.17) is 11.6 Å². The van der Waals surface area contributed by atoms with Gasteiger partial charge in [0.05, 0.1) is 9.82 Å². The quantitative estimate of drug-likeness (QED) is 0.0744. The zero-order chi connectivity index (χ0) is 37.7. The lowest BCUT2D eigenvalue weighted by Gasteiger charge is -2.36. The maximum Gasteiger partial charge on any atom is 0.293 e. The number of sulfonamides is 1. The molecule has 2 saturated heterocycles. The van der Waals surface area contributed by atoms with Gasteiger partial charge in [-0.2, -0.15) is 0 Å². The van der Waals surface area contributed by atoms with Crippen molar-refractivity contribution in [3.05, 3.63) is 148 Å². The minimum Gasteiger partial charge on any atom is -0.375 e. The molecule has 14 heteroatoms. The van der Waals surface area contributed by atoms with E-state index in [-0.39, 0.29) is 27.9 Å². The fourth-order valence-corrected chi connectivity index (χ4v) is 8.92. The summed E-state index contributed by atoms with van der Waals surface area (Å²) in [5.41, 5.74) is 4.49. The van der Waals surface area contributed by atoms with Gasteiger partial charge in [0.15, 0.2) is 0 Å². The summed E-state index contributed by atoms with van der Waals surface area (Å²) in [5.74, 6) is -0.822. The summed E-state index contributed by atoms with van der Waals surface area (Å²) < 4.78 is 30.8. The van der Waals surface area contributed by atoms with Crippen LogP contribution in [0.1, 0.15) is 22.3 Å². The molecule has 2 aliphatic rings. The summed E-state index contributed by atoms with van der Waals surface area (Å²) in [4.78, 5) is 29.9. The van der Waals surface area contributed by atoms with E-state index in [0.29, 0.717) is 11.6 Å². The third-order valence-corrected chi connectivity index (χ3v) is 12.3. The number of amides is 1. The highest BCUT2D eigenvalue weighted by Gasteiger charge is 2.28. The first-order chi connectivity index (χ1) is 26.1. The largest absolute Gasteiger partial charge is 0.375 e. The van der Waals surface area contributed by atoms with Gasteiger partial charge >= 0.3 is 0 Å². The van der Waals surface area contributed by atoms with E-state index in [1.165, 1.54) is 23.3 Å². The smallest absolute Gasteiger partial charge is 0.293 e. The number of hydrogen-bond donors (Lipinski definition) is 2. The number of halogens is 1. The van der Waals surface area contributed by atoms with Crippen molar-refractivity contribution < 1.29 is 18.1 Å². The van der Waals surface area contributed by atoms with E-state index in [2.05, 4.69) is 42.3 Å². The van der Waals surface area contributed by atoms with Gasteiger partial charge in [0.2, 0.25) is 0 Å². The summed E-state index contributed by atoms with van der Waals surface area (Å²) >= 11 is 7.73. The number of piperazine rings is 1. The molecular weight excluding hydrogens is 744 g/mol. The van der Waals surface area contributed by atoms with Crippen LogP contribution in [0.15, 0.2) is 131 Å². The number of hydrogen-bond acceptors (Lipinski definition) is 10. The number of nitrogens with one attached hydrogen (secondary N) is 2. The van der Waals surface area contributed by atoms with Gasteiger partial charge in [0, 0.05) is 79.1 Å². The van der Waals surface area contributed by atoms with Crippen LogP contribution in [-0.2, 0) is 16.6 Å². The van der Waals surface area contributed by atoms with Crippen molar-refractivity contribution in [2.24, 2.45) is 0 Å². The SMILES string of the molecule is O=C(NS(=O)(=O)c1ccc(N[C@@H]2CCN(Sc3ccccc3)C2)c([N+](=O)[O-])c1)c1ccc(N2CCN(Cc3ccccc3-c3ccc(Cl)cc3)CC2)cc1. The second-order valence-corrected chi connectivity index (χ2v) is 16.6. The molecule has 2 N–H and O–H groups in total. The van der Waals surface area contributed by atoms with Crippen LogP contribution in [0, 0.1) is 10.1 Å². The normalized spacial score (nSPS) is 16.6. The Morgan fingerprint density at radius 2 is 1.56 bits per heavy atom. The van der Waals surface area contributed by atoms with E-state index >= 15 is 0 Å². The molecule has 278 valence electrons. The van der Waals surface area contributed by atoms with Crippen molar-refractivity contribution in [1.29, 1.82) is 0 Å². The number of carbonyl (C=O) groups excluding carboxylic acids is 1. The molecule has 0 spiro atoms. The summed E-state index contributed by atoms with van der Waals surface area (Å²) in [7, 11) is -4.40. The van der Waals surface area contributed by atoms with Crippen molar-refractivity contribution >= 4 is 56.5 Å². The van der Waals surface area contributed by atoms with Gasteiger partial charge in [-0.05, 0) is 95.7 Å². The molecule has 0 bridgehead atoms. The van der Waals surface area contributed by atoms with Gasteiger partial charge in [-0.25, -0.2) is 17.4 Å². The molecule has 5 aromatic rings. The van der Waals surface area contributed by atoms with Crippen LogP contribution in [0.3, 0.4) is 0 Å². The summed E-state index contributed by atoms with van der Waals surface area (Å²) in [6, 6.07) is 36.6. The number of nitrogens with zero attached hydrogens (tertiary/aromatic N) is 4. The van der Waals surface area contributed by atoms with Crippen LogP contribution >= 0.6 is 23.5 Å². The van der Waals surface area contributed by atoms with Gasteiger partial charge in [-0.1, -0.05) is 66.2 Å². The van der Waals surface area contributed by atoms with Crippen LogP contribution in [0.2, 0.25) is 5.02 Å². The lowest BCUT2D eigenvalue weighted by atomic mass is 9.99. The van der Waals surface area contributed by atoms with Crippen LogP contribution in [0.4, 0.5) is 17.1 Å². The average Bonchev–Trinajstić information content (AvgIpc) is 3.62. The second-order valence-electron chi connectivity index (χ2n) is 13.3. The zero-order valence-electron chi connectivity index (χ0n) is 29.3. The highest BCUT2D eigenvalue weighted by atomic mass is 35.5. The topological polar surface area (TPSA) is 128 Å². The van der Waals surface area contributed by atoms with Gasteiger partial charge < -0.3 is 10.2 Å². The first-order valence-corrected chi connectivity index (χ1v) is 20.3. The molecule has 1 amide bonds. The molecule has 0 aliphatic carbocycles. The van der Waals surface area contributed by atoms with Crippen molar-refractivity contribution in [3.8, 4) is 11.1 Å². The number of nitro groups is 1. The van der Waals surface area contributed by atoms with Crippen LogP contribution in [-0.4, -0.2) is 73.8 Å². The number of rotatable bonds is 12. The van der Waals surface area contributed by atoms with Crippen LogP contribution in [0.5, 0.6) is 0 Å². The predicted molar refractivity (Wildman–Crippen MR) is 214 cm³/mol. The Bertz CT molecular complexity index is 2220. The van der Waals surface area contributed by atoms with Gasteiger partial charge in [-0.15, -0.1) is 0 Å². The summed E-state index contributed by atoms with van der Waals surface area (Å²) in [5, 5.41) is 15.9. The van der Waals surface area contributed by atoms with Gasteiger partial charge in [0.25, 0.3) is 21.6 Å². The minimum absolute atomic E-state index is 0.0582. The van der Waals surface area contributed by atoms with E-state index in [1.807, 2.05) is 60.7 Å². The standard InChI is InChI=1S/C40H39ClN6O5S2/c41-32-14-10-29(11-15-32)37-9-5-4-6-31(37)27-44-22-24-45(25-23-44)34-16-12-30(13-17-34)40(48)43-54(51,52)36-18-19-38(39(26-36)47(49)50)42-33-20-21-46(28-33)53-35-7-2-1-3-8-35/h1-19,26,33,42H,20-25,27-28H2,(H,43,48)/t33-/m1/s1. The average molecular weight is 783 g/mol. The maximum absolute atomic E-state index is 13.3. The second kappa shape index (κ2) is 16.6. The molecule has 54 heavy (non-hydrogen) atoms. The number of carbonyl (C=O) groups is 1. The molecule has 1 atom stereocenters. The Kier molecular flexibility index (Phi) is 11.5. The Balaban J connectivity index is 0.934. The first kappa shape index (κ1) is 37.4. The zero-order valence-corrected chi connectivity index (χ0v) is 31.7. The molecule has 0 saturated carbocycles. The number of anilines is 2. The monoisotopic (exact) mass is 782 g/mol. The Morgan fingerprint density at radius 1 is 0.852 bits per heavy atom. The Labute approximate surface area is 324 Å². The third-order valence-electron chi connectivity index (χ3n) is 9.63. The predicted octanol–water partition coefficient (Wildman–Crippen LogP) is 7.55. The Morgan fingerprint density at radius 3 is 2.28 bits per heavy atom. The molecule has 2 heterocycles. The molecule has 0 aromatic heterocycles. The highest BCUT2D eigenvalue weighted by Crippen LogP contribution is 2.32. The molecule has 2 aliphatic heterocycles. The molecule has 11 nitrogen and oxygen atoms in total. The number of nitro benzene ring substituents is 1. The van der Waals surface area contributed by atoms with E-state index < -0.39 is 20.9 Å². The van der Waals surface area contributed by atoms with Crippen LogP contribution in [0.25, 0.3) is 11.1 Å². The molecule has 0 unspecified atom stereocenters. The highest BCUT2D eigenvalue weighted by molar-refractivity contribution is 7.97. The molecule has 2 fully saturated rings. The number of benzene rings is 5. The first-order valence-electron chi connectivity index (χ1n) is 17.6. The van der Waals surface area contributed by atoms with E-state index in [1.54, 1.807) is 36.2 Å². The van der Waals surface area contributed by atoms with Crippen LogP contribution < -0.4 is 14.9 Å². The molecule has 0 radical (unpaired) electrons. The molecule has 7 rings (SSSR count).